The van der Waals surface area contributed by atoms with E-state index in [4.69, 9.17) is 11.6 Å². The number of carbonyl (C=O) groups excluding carboxylic acids is 1. The molecule has 2 N–H and O–H groups in total. The van der Waals surface area contributed by atoms with Gasteiger partial charge < -0.3 is 10.6 Å². The lowest BCUT2D eigenvalue weighted by atomic mass is 10.0. The Hall–Kier alpha value is -1.89. The minimum Gasteiger partial charge on any atom is -0.314 e. The zero-order valence-electron chi connectivity index (χ0n) is 16.4. The fourth-order valence-electron chi connectivity index (χ4n) is 3.45. The van der Waals surface area contributed by atoms with Crippen molar-refractivity contribution < 1.29 is 4.79 Å². The van der Waals surface area contributed by atoms with E-state index >= 15 is 0 Å². The van der Waals surface area contributed by atoms with E-state index in [1.807, 2.05) is 41.9 Å². The van der Waals surface area contributed by atoms with Crippen LogP contribution in [0.1, 0.15) is 38.1 Å². The normalized spacial score (nSPS) is 18.5. The number of anilines is 1. The third-order valence-electron chi connectivity index (χ3n) is 4.70. The van der Waals surface area contributed by atoms with Crippen molar-refractivity contribution in [1.82, 2.24) is 20.0 Å². The number of hydrogen-bond acceptors (Lipinski definition) is 4. The zero-order chi connectivity index (χ0) is 19.6. The van der Waals surface area contributed by atoms with Crippen LogP contribution in [-0.2, 0) is 10.3 Å². The maximum Gasteiger partial charge on any atom is 0.239 e. The summed E-state index contributed by atoms with van der Waals surface area (Å²) in [6.45, 7) is 10.9. The van der Waals surface area contributed by atoms with Crippen LogP contribution in [0.5, 0.6) is 0 Å². The van der Waals surface area contributed by atoms with E-state index in [0.29, 0.717) is 6.54 Å². The van der Waals surface area contributed by atoms with Gasteiger partial charge in [-0.25, -0.2) is 4.68 Å². The van der Waals surface area contributed by atoms with Gasteiger partial charge in [0, 0.05) is 36.8 Å². The number of piperazine rings is 1. The van der Waals surface area contributed by atoms with E-state index in [1.165, 1.54) is 0 Å². The van der Waals surface area contributed by atoms with Gasteiger partial charge in [-0.15, -0.1) is 0 Å². The lowest BCUT2D eigenvalue weighted by Gasteiger charge is -2.36. The molecular formula is C20H28ClN5O. The second-order valence-electron chi connectivity index (χ2n) is 8.01. The Morgan fingerprint density at radius 2 is 2.11 bits per heavy atom. The van der Waals surface area contributed by atoms with Crippen LogP contribution in [0.15, 0.2) is 30.3 Å². The molecule has 1 amide bonds. The molecule has 1 aromatic carbocycles. The maximum atomic E-state index is 12.8. The van der Waals surface area contributed by atoms with Crippen molar-refractivity contribution in [3.05, 3.63) is 46.6 Å². The SMILES string of the molecule is Cc1cc(NC(=O)CN2CCNCC2c2ccccc2Cl)n(C(C)(C)C)n1. The number of aromatic nitrogens is 2. The summed E-state index contributed by atoms with van der Waals surface area (Å²) in [5.74, 6) is 0.689. The first kappa shape index (κ1) is 19.9. The Morgan fingerprint density at radius 1 is 1.37 bits per heavy atom. The van der Waals surface area contributed by atoms with E-state index in [2.05, 4.69) is 41.4 Å². The van der Waals surface area contributed by atoms with Gasteiger partial charge >= 0.3 is 0 Å². The fraction of sp³-hybridized carbons (Fsp3) is 0.500. The summed E-state index contributed by atoms with van der Waals surface area (Å²) < 4.78 is 1.86. The number of halogens is 1. The number of nitrogens with zero attached hydrogens (tertiary/aromatic N) is 3. The number of rotatable bonds is 4. The lowest BCUT2D eigenvalue weighted by molar-refractivity contribution is -0.118. The van der Waals surface area contributed by atoms with Crippen LogP contribution in [0.2, 0.25) is 5.02 Å². The molecule has 1 fully saturated rings. The number of aryl methyl sites for hydroxylation is 1. The Bertz CT molecular complexity index is 811. The molecule has 1 aromatic heterocycles. The summed E-state index contributed by atoms with van der Waals surface area (Å²) in [7, 11) is 0. The lowest BCUT2D eigenvalue weighted by Crippen LogP contribution is -2.48. The van der Waals surface area contributed by atoms with Crippen LogP contribution in [0, 0.1) is 6.92 Å². The van der Waals surface area contributed by atoms with E-state index in [-0.39, 0.29) is 17.5 Å². The van der Waals surface area contributed by atoms with Crippen molar-refractivity contribution in [2.45, 2.75) is 39.3 Å². The molecule has 2 heterocycles. The second-order valence-corrected chi connectivity index (χ2v) is 8.42. The first-order valence-corrected chi connectivity index (χ1v) is 9.69. The maximum absolute atomic E-state index is 12.8. The summed E-state index contributed by atoms with van der Waals surface area (Å²) >= 11 is 6.40. The van der Waals surface area contributed by atoms with E-state index < -0.39 is 0 Å². The molecule has 146 valence electrons. The Morgan fingerprint density at radius 3 is 2.81 bits per heavy atom. The van der Waals surface area contributed by atoms with E-state index in [1.54, 1.807) is 0 Å². The highest BCUT2D eigenvalue weighted by Crippen LogP contribution is 2.28. The Labute approximate surface area is 165 Å². The monoisotopic (exact) mass is 389 g/mol. The van der Waals surface area contributed by atoms with Crippen LogP contribution >= 0.6 is 11.6 Å². The van der Waals surface area contributed by atoms with Gasteiger partial charge in [0.05, 0.1) is 17.8 Å². The largest absolute Gasteiger partial charge is 0.314 e. The molecule has 7 heteroatoms. The summed E-state index contributed by atoms with van der Waals surface area (Å²) in [5.41, 5.74) is 1.73. The van der Waals surface area contributed by atoms with Gasteiger partial charge in [0.15, 0.2) is 0 Å². The van der Waals surface area contributed by atoms with Gasteiger partial charge in [0.1, 0.15) is 5.82 Å². The van der Waals surface area contributed by atoms with Crippen LogP contribution in [0.3, 0.4) is 0 Å². The smallest absolute Gasteiger partial charge is 0.239 e. The molecule has 0 bridgehead atoms. The Balaban J connectivity index is 1.74. The minimum absolute atomic E-state index is 0.0423. The molecule has 0 aliphatic carbocycles. The molecule has 1 atom stereocenters. The molecule has 0 saturated carbocycles. The van der Waals surface area contributed by atoms with E-state index in [0.717, 1.165) is 41.7 Å². The first-order valence-electron chi connectivity index (χ1n) is 9.32. The number of nitrogens with one attached hydrogen (secondary N) is 2. The molecule has 0 spiro atoms. The number of carbonyl (C=O) groups is 1. The van der Waals surface area contributed by atoms with Gasteiger partial charge in [-0.3, -0.25) is 9.69 Å². The number of hydrogen-bond donors (Lipinski definition) is 2. The predicted molar refractivity (Wildman–Crippen MR) is 109 cm³/mol. The molecule has 1 unspecified atom stereocenters. The van der Waals surface area contributed by atoms with Gasteiger partial charge in [-0.05, 0) is 39.3 Å². The summed E-state index contributed by atoms with van der Waals surface area (Å²) in [6.07, 6.45) is 0. The Kier molecular flexibility index (Phi) is 5.89. The number of benzene rings is 1. The minimum atomic E-state index is -0.202. The van der Waals surface area contributed by atoms with Crippen molar-refractivity contribution in [2.24, 2.45) is 0 Å². The van der Waals surface area contributed by atoms with Crippen LogP contribution in [0.4, 0.5) is 5.82 Å². The average Bonchev–Trinajstić information content (AvgIpc) is 2.96. The molecular weight excluding hydrogens is 362 g/mol. The molecule has 1 aliphatic heterocycles. The highest BCUT2D eigenvalue weighted by Gasteiger charge is 2.27. The molecule has 27 heavy (non-hydrogen) atoms. The molecule has 6 nitrogen and oxygen atoms in total. The predicted octanol–water partition coefficient (Wildman–Crippen LogP) is 3.18. The van der Waals surface area contributed by atoms with Gasteiger partial charge in [0.25, 0.3) is 0 Å². The third kappa shape index (κ3) is 4.69. The highest BCUT2D eigenvalue weighted by molar-refractivity contribution is 6.31. The molecule has 2 aromatic rings. The van der Waals surface area contributed by atoms with Crippen molar-refractivity contribution in [2.75, 3.05) is 31.5 Å². The quantitative estimate of drug-likeness (QED) is 0.843. The topological polar surface area (TPSA) is 62.2 Å². The zero-order valence-corrected chi connectivity index (χ0v) is 17.2. The van der Waals surface area contributed by atoms with Gasteiger partial charge in [0.2, 0.25) is 5.91 Å². The van der Waals surface area contributed by atoms with E-state index in [9.17, 15) is 4.79 Å². The van der Waals surface area contributed by atoms with Crippen LogP contribution in [0.25, 0.3) is 0 Å². The standard InChI is InChI=1S/C20H28ClN5O/c1-14-11-18(26(24-14)20(2,3)4)23-19(27)13-25-10-9-22-12-17(25)15-7-5-6-8-16(15)21/h5-8,11,17,22H,9-10,12-13H2,1-4H3,(H,23,27). The molecule has 1 saturated heterocycles. The van der Waals surface area contributed by atoms with Crippen molar-refractivity contribution in [1.29, 1.82) is 0 Å². The highest BCUT2D eigenvalue weighted by atomic mass is 35.5. The van der Waals surface area contributed by atoms with Gasteiger partial charge in [-0.1, -0.05) is 29.8 Å². The molecule has 3 rings (SSSR count). The number of amides is 1. The summed E-state index contributed by atoms with van der Waals surface area (Å²) in [4.78, 5) is 15.0. The van der Waals surface area contributed by atoms with Crippen molar-refractivity contribution in [3.8, 4) is 0 Å². The van der Waals surface area contributed by atoms with Crippen molar-refractivity contribution >= 4 is 23.3 Å². The summed E-state index contributed by atoms with van der Waals surface area (Å²) in [5, 5.41) is 11.7. The third-order valence-corrected chi connectivity index (χ3v) is 5.04. The molecule has 1 aliphatic rings. The molecule has 0 radical (unpaired) electrons. The van der Waals surface area contributed by atoms with Gasteiger partial charge in [-0.2, -0.15) is 5.10 Å². The fourth-order valence-corrected chi connectivity index (χ4v) is 3.72. The van der Waals surface area contributed by atoms with Crippen molar-refractivity contribution in [3.63, 3.8) is 0 Å². The van der Waals surface area contributed by atoms with Crippen LogP contribution < -0.4 is 10.6 Å². The summed E-state index contributed by atoms with van der Waals surface area (Å²) in [6, 6.07) is 9.82. The van der Waals surface area contributed by atoms with Crippen LogP contribution in [-0.4, -0.2) is 46.8 Å². The average molecular weight is 390 g/mol. The second kappa shape index (κ2) is 8.00. The first-order chi connectivity index (χ1) is 12.8.